The van der Waals surface area contributed by atoms with Crippen LogP contribution in [0.1, 0.15) is 41.2 Å². The van der Waals surface area contributed by atoms with E-state index in [1.54, 1.807) is 53.0 Å². The zero-order valence-corrected chi connectivity index (χ0v) is 17.6. The number of aliphatic hydroxyl groups excluding tert-OH is 1. The molecule has 1 fully saturated rings. The van der Waals surface area contributed by atoms with Crippen molar-refractivity contribution in [2.75, 3.05) is 32.7 Å². The zero-order chi connectivity index (χ0) is 25.4. The van der Waals surface area contributed by atoms with Gasteiger partial charge in [-0.15, -0.1) is 0 Å². The molecule has 0 bridgehead atoms. The number of aryl methyl sites for hydroxylation is 1. The number of aromatic nitrogens is 2. The summed E-state index contributed by atoms with van der Waals surface area (Å²) >= 11 is 0. The minimum Gasteiger partial charge on any atom is -0.390 e. The van der Waals surface area contributed by atoms with E-state index in [4.69, 9.17) is 5.48 Å². The largest absolute Gasteiger partial charge is 0.390 e. The van der Waals surface area contributed by atoms with E-state index in [0.29, 0.717) is 24.3 Å². The van der Waals surface area contributed by atoms with Gasteiger partial charge in [-0.05, 0) is 37.3 Å². The SMILES string of the molecule is [2H]C1([2H])CN(C[C@@H](O)CNC(=O)N2CCC[C@@H](n3ccnc(C)c3=O)C2)C([2H])([2H])c2ccccc21. The van der Waals surface area contributed by atoms with E-state index in [1.165, 1.54) is 4.90 Å². The first-order chi connectivity index (χ1) is 16.5. The molecule has 2 N–H and O–H groups in total. The molecule has 2 aromatic rings. The highest BCUT2D eigenvalue weighted by molar-refractivity contribution is 5.74. The van der Waals surface area contributed by atoms with Gasteiger partial charge in [0.25, 0.3) is 5.56 Å². The Labute approximate surface area is 188 Å². The third-order valence-corrected chi connectivity index (χ3v) is 5.70. The van der Waals surface area contributed by atoms with E-state index in [2.05, 4.69) is 10.3 Å². The maximum atomic E-state index is 12.8. The molecule has 2 aliphatic heterocycles. The number of piperidine rings is 1. The number of amides is 2. The highest BCUT2D eigenvalue weighted by Gasteiger charge is 2.26. The standard InChI is InChI=1S/C23H31N5O3/c1-17-22(30)28(12-9-24-17)20-7-4-10-27(15-20)23(31)25-13-21(29)16-26-11-8-18-5-2-3-6-19(18)14-26/h2-3,5-6,9,12,20-21,29H,4,7-8,10-11,13-16H2,1H3,(H,25,31)/t20-,21+/m1/s1/i8D2,14D2. The van der Waals surface area contributed by atoms with E-state index in [9.17, 15) is 14.7 Å². The van der Waals surface area contributed by atoms with Crippen LogP contribution in [-0.4, -0.2) is 69.3 Å². The van der Waals surface area contributed by atoms with Crippen LogP contribution in [0.5, 0.6) is 0 Å². The van der Waals surface area contributed by atoms with Crippen molar-refractivity contribution in [2.24, 2.45) is 0 Å². The van der Waals surface area contributed by atoms with Gasteiger partial charge in [-0.25, -0.2) is 4.79 Å². The fourth-order valence-corrected chi connectivity index (χ4v) is 4.05. The first-order valence-corrected chi connectivity index (χ1v) is 10.6. The van der Waals surface area contributed by atoms with Crippen molar-refractivity contribution in [1.82, 2.24) is 24.7 Å². The number of hydrogen-bond acceptors (Lipinski definition) is 5. The average Bonchev–Trinajstić information content (AvgIpc) is 2.83. The number of fused-ring (bicyclic) bond motifs is 1. The number of hydrogen-bond donors (Lipinski definition) is 2. The van der Waals surface area contributed by atoms with Gasteiger partial charge in [-0.2, -0.15) is 0 Å². The highest BCUT2D eigenvalue weighted by atomic mass is 16.3. The molecular formula is C23H31N5O3. The molecule has 0 aliphatic carbocycles. The Bertz CT molecular complexity index is 1140. The lowest BCUT2D eigenvalue weighted by Gasteiger charge is -2.34. The highest BCUT2D eigenvalue weighted by Crippen LogP contribution is 2.20. The second kappa shape index (κ2) is 9.62. The fraction of sp³-hybridized carbons (Fsp3) is 0.522. The quantitative estimate of drug-likeness (QED) is 0.748. The summed E-state index contributed by atoms with van der Waals surface area (Å²) in [4.78, 5) is 32.1. The Morgan fingerprint density at radius 2 is 2.16 bits per heavy atom. The van der Waals surface area contributed by atoms with Crippen LogP contribution >= 0.6 is 0 Å². The van der Waals surface area contributed by atoms with Crippen LogP contribution in [0.2, 0.25) is 0 Å². The number of urea groups is 1. The van der Waals surface area contributed by atoms with Crippen LogP contribution < -0.4 is 10.9 Å². The molecule has 31 heavy (non-hydrogen) atoms. The van der Waals surface area contributed by atoms with Crippen molar-refractivity contribution in [2.45, 2.75) is 44.8 Å². The Morgan fingerprint density at radius 1 is 1.35 bits per heavy atom. The van der Waals surface area contributed by atoms with E-state index in [0.717, 1.165) is 12.8 Å². The maximum absolute atomic E-state index is 12.8. The van der Waals surface area contributed by atoms with Crippen LogP contribution in [-0.2, 0) is 12.9 Å². The van der Waals surface area contributed by atoms with Crippen molar-refractivity contribution in [3.8, 4) is 0 Å². The molecule has 3 heterocycles. The number of carbonyl (C=O) groups excluding carboxylic acids is 1. The molecule has 2 aliphatic rings. The van der Waals surface area contributed by atoms with E-state index in [1.807, 2.05) is 0 Å². The number of benzene rings is 1. The molecule has 166 valence electrons. The van der Waals surface area contributed by atoms with Gasteiger partial charge < -0.3 is 19.9 Å². The van der Waals surface area contributed by atoms with Crippen molar-refractivity contribution < 1.29 is 15.4 Å². The minimum absolute atomic E-state index is 0.106. The number of β-amino-alcohol motifs (C(OH)–C–C–N with tert-alkyl or cyclic N) is 1. The smallest absolute Gasteiger partial charge is 0.317 e. The maximum Gasteiger partial charge on any atom is 0.317 e. The molecule has 2 atom stereocenters. The van der Waals surface area contributed by atoms with E-state index >= 15 is 0 Å². The lowest BCUT2D eigenvalue weighted by Crippen LogP contribution is -2.49. The molecule has 1 saturated heterocycles. The number of aliphatic hydroxyl groups is 1. The number of rotatable bonds is 5. The third kappa shape index (κ3) is 5.14. The van der Waals surface area contributed by atoms with Gasteiger partial charge in [0.15, 0.2) is 0 Å². The average molecular weight is 430 g/mol. The summed E-state index contributed by atoms with van der Waals surface area (Å²) in [6.07, 6.45) is 1.85. The first-order valence-electron chi connectivity index (χ1n) is 12.6. The summed E-state index contributed by atoms with van der Waals surface area (Å²) in [6, 6.07) is 5.99. The van der Waals surface area contributed by atoms with Crippen molar-refractivity contribution in [3.63, 3.8) is 0 Å². The summed E-state index contributed by atoms with van der Waals surface area (Å²) < 4.78 is 35.4. The van der Waals surface area contributed by atoms with Gasteiger partial charge in [-0.3, -0.25) is 14.7 Å². The number of nitrogens with one attached hydrogen (secondary N) is 1. The topological polar surface area (TPSA) is 90.7 Å². The molecule has 4 rings (SSSR count). The predicted octanol–water partition coefficient (Wildman–Crippen LogP) is 1.32. The molecule has 2 amide bonds. The molecular weight excluding hydrogens is 394 g/mol. The monoisotopic (exact) mass is 429 g/mol. The summed E-state index contributed by atoms with van der Waals surface area (Å²) in [5.74, 6) is 0. The van der Waals surface area contributed by atoms with E-state index in [-0.39, 0.29) is 42.8 Å². The molecule has 0 saturated carbocycles. The molecule has 0 unspecified atom stereocenters. The van der Waals surface area contributed by atoms with Crippen LogP contribution in [0.4, 0.5) is 4.79 Å². The Morgan fingerprint density at radius 3 is 3.00 bits per heavy atom. The molecule has 8 nitrogen and oxygen atoms in total. The van der Waals surface area contributed by atoms with E-state index < -0.39 is 19.0 Å². The molecule has 0 radical (unpaired) electrons. The predicted molar refractivity (Wildman–Crippen MR) is 118 cm³/mol. The van der Waals surface area contributed by atoms with Crippen molar-refractivity contribution in [3.05, 3.63) is 63.8 Å². The van der Waals surface area contributed by atoms with Crippen molar-refractivity contribution >= 4 is 6.03 Å². The lowest BCUT2D eigenvalue weighted by atomic mass is 10.00. The summed E-state index contributed by atoms with van der Waals surface area (Å²) in [7, 11) is 0. The van der Waals surface area contributed by atoms with Crippen LogP contribution in [0.15, 0.2) is 41.5 Å². The zero-order valence-electron chi connectivity index (χ0n) is 21.6. The molecule has 8 heteroatoms. The van der Waals surface area contributed by atoms with Crippen LogP contribution in [0.25, 0.3) is 0 Å². The second-order valence-corrected chi connectivity index (χ2v) is 8.02. The fourth-order valence-electron chi connectivity index (χ4n) is 4.05. The Hall–Kier alpha value is -2.71. The summed E-state index contributed by atoms with van der Waals surface area (Å²) in [5.41, 5.74) is 0.787. The Balaban J connectivity index is 1.36. The van der Waals surface area contributed by atoms with Gasteiger partial charge in [0, 0.05) is 57.1 Å². The lowest BCUT2D eigenvalue weighted by molar-refractivity contribution is 0.102. The third-order valence-electron chi connectivity index (χ3n) is 5.70. The van der Waals surface area contributed by atoms with Gasteiger partial charge >= 0.3 is 6.03 Å². The summed E-state index contributed by atoms with van der Waals surface area (Å²) in [5, 5.41) is 13.3. The number of nitrogens with zero attached hydrogens (tertiary/aromatic N) is 4. The second-order valence-electron chi connectivity index (χ2n) is 8.02. The molecule has 1 aromatic carbocycles. The molecule has 1 aromatic heterocycles. The van der Waals surface area contributed by atoms with Crippen LogP contribution in [0.3, 0.4) is 0 Å². The van der Waals surface area contributed by atoms with Gasteiger partial charge in [0.05, 0.1) is 12.1 Å². The Kier molecular flexibility index (Phi) is 5.25. The van der Waals surface area contributed by atoms with Crippen LogP contribution in [0, 0.1) is 6.92 Å². The van der Waals surface area contributed by atoms with Gasteiger partial charge in [-0.1, -0.05) is 24.3 Å². The summed E-state index contributed by atoms with van der Waals surface area (Å²) in [6.45, 7) is 0.127. The first kappa shape index (κ1) is 16.9. The number of carbonyl (C=O) groups is 1. The van der Waals surface area contributed by atoms with Crippen molar-refractivity contribution in [1.29, 1.82) is 0 Å². The molecule has 0 spiro atoms. The normalized spacial score (nSPS) is 25.4. The minimum atomic E-state index is -1.96. The number of likely N-dealkylation sites (tertiary alicyclic amines) is 1. The van der Waals surface area contributed by atoms with Gasteiger partial charge in [0.2, 0.25) is 0 Å². The van der Waals surface area contributed by atoms with Gasteiger partial charge in [0.1, 0.15) is 5.69 Å².